The largest absolute Gasteiger partial charge is 0.496 e. The number of hydrogen-bond acceptors (Lipinski definition) is 3. The van der Waals surface area contributed by atoms with Gasteiger partial charge in [-0.25, -0.2) is 0 Å². The molecule has 0 radical (unpaired) electrons. The van der Waals surface area contributed by atoms with Crippen molar-refractivity contribution in [2.24, 2.45) is 0 Å². The molecule has 0 heterocycles. The zero-order valence-corrected chi connectivity index (χ0v) is 12.6. The summed E-state index contributed by atoms with van der Waals surface area (Å²) < 4.78 is 5.25. The van der Waals surface area contributed by atoms with E-state index in [2.05, 4.69) is 5.32 Å². The number of nitrogens with one attached hydrogen (secondary N) is 1. The number of hydrogen-bond donors (Lipinski definition) is 1. The molecule has 1 N–H and O–H groups in total. The van der Waals surface area contributed by atoms with Crippen LogP contribution in [0.15, 0.2) is 18.2 Å². The Balaban J connectivity index is 2.56. The molecule has 0 saturated carbocycles. The molecule has 1 aromatic carbocycles. The molecule has 1 rings (SSSR count). The van der Waals surface area contributed by atoms with Crippen LogP contribution in [-0.2, 0) is 11.3 Å². The van der Waals surface area contributed by atoms with Crippen molar-refractivity contribution in [1.29, 1.82) is 0 Å². The molecule has 5 heteroatoms. The third-order valence-corrected chi connectivity index (χ3v) is 3.40. The van der Waals surface area contributed by atoms with E-state index in [9.17, 15) is 4.79 Å². The highest BCUT2D eigenvalue weighted by Gasteiger charge is 2.12. The molecule has 106 valence electrons. The van der Waals surface area contributed by atoms with Gasteiger partial charge in [-0.2, -0.15) is 0 Å². The van der Waals surface area contributed by atoms with E-state index in [4.69, 9.17) is 16.3 Å². The summed E-state index contributed by atoms with van der Waals surface area (Å²) in [4.78, 5) is 13.5. The van der Waals surface area contributed by atoms with Gasteiger partial charge in [-0.3, -0.25) is 4.79 Å². The van der Waals surface area contributed by atoms with Gasteiger partial charge >= 0.3 is 0 Å². The molecule has 0 fully saturated rings. The number of carbonyl (C=O) groups is 1. The van der Waals surface area contributed by atoms with Crippen LogP contribution in [0.5, 0.6) is 5.75 Å². The minimum Gasteiger partial charge on any atom is -0.496 e. The number of ether oxygens (including phenoxy) is 1. The summed E-state index contributed by atoms with van der Waals surface area (Å²) in [5.41, 5.74) is 0.867. The van der Waals surface area contributed by atoms with Crippen LogP contribution in [0, 0.1) is 0 Å². The maximum absolute atomic E-state index is 11.8. The first-order chi connectivity index (χ1) is 8.97. The molecule has 0 bridgehead atoms. The number of methoxy groups -OCH3 is 1. The highest BCUT2D eigenvalue weighted by molar-refractivity contribution is 6.31. The predicted octanol–water partition coefficient (Wildman–Crippen LogP) is 2.31. The van der Waals surface area contributed by atoms with Crippen molar-refractivity contribution in [3.05, 3.63) is 28.8 Å². The Morgan fingerprint density at radius 3 is 2.74 bits per heavy atom. The average Bonchev–Trinajstić information content (AvgIpc) is 2.39. The van der Waals surface area contributed by atoms with E-state index >= 15 is 0 Å². The van der Waals surface area contributed by atoms with Crippen molar-refractivity contribution >= 4 is 17.5 Å². The summed E-state index contributed by atoms with van der Waals surface area (Å²) in [6.07, 6.45) is 0. The number of rotatable bonds is 6. The molecule has 0 spiro atoms. The van der Waals surface area contributed by atoms with Gasteiger partial charge < -0.3 is 15.0 Å². The Morgan fingerprint density at radius 2 is 2.16 bits per heavy atom. The third kappa shape index (κ3) is 4.40. The maximum Gasteiger partial charge on any atom is 0.236 e. The van der Waals surface area contributed by atoms with Crippen molar-refractivity contribution in [1.82, 2.24) is 10.2 Å². The van der Waals surface area contributed by atoms with Gasteiger partial charge in [-0.15, -0.1) is 0 Å². The summed E-state index contributed by atoms with van der Waals surface area (Å²) in [6.45, 7) is 4.74. The smallest absolute Gasteiger partial charge is 0.236 e. The van der Waals surface area contributed by atoms with Gasteiger partial charge in [0.05, 0.1) is 13.7 Å². The molecule has 0 unspecified atom stereocenters. The van der Waals surface area contributed by atoms with Crippen molar-refractivity contribution in [2.75, 3.05) is 20.7 Å². The quantitative estimate of drug-likeness (QED) is 0.872. The van der Waals surface area contributed by atoms with Gasteiger partial charge in [-0.05, 0) is 26.0 Å². The summed E-state index contributed by atoms with van der Waals surface area (Å²) >= 11 is 6.12. The second-order valence-corrected chi connectivity index (χ2v) is 5.03. The maximum atomic E-state index is 11.8. The predicted molar refractivity (Wildman–Crippen MR) is 77.6 cm³/mol. The molecule has 0 aliphatic rings. The minimum absolute atomic E-state index is 0.0565. The van der Waals surface area contributed by atoms with Crippen LogP contribution in [0.3, 0.4) is 0 Å². The van der Waals surface area contributed by atoms with Crippen LogP contribution in [0.1, 0.15) is 19.4 Å². The van der Waals surface area contributed by atoms with Crippen molar-refractivity contribution in [2.45, 2.75) is 26.4 Å². The molecule has 0 aliphatic heterocycles. The topological polar surface area (TPSA) is 41.6 Å². The molecule has 1 amide bonds. The molecule has 0 atom stereocenters. The average molecular weight is 285 g/mol. The lowest BCUT2D eigenvalue weighted by Gasteiger charge is -2.21. The number of benzene rings is 1. The van der Waals surface area contributed by atoms with Crippen LogP contribution in [0.4, 0.5) is 0 Å². The van der Waals surface area contributed by atoms with Crippen molar-refractivity contribution < 1.29 is 9.53 Å². The Hall–Kier alpha value is -1.26. The van der Waals surface area contributed by atoms with Crippen LogP contribution in [0.25, 0.3) is 0 Å². The highest BCUT2D eigenvalue weighted by Crippen LogP contribution is 2.25. The zero-order chi connectivity index (χ0) is 14.4. The number of nitrogens with zero attached hydrogens (tertiary/aromatic N) is 1. The molecule has 19 heavy (non-hydrogen) atoms. The van der Waals surface area contributed by atoms with Crippen molar-refractivity contribution in [3.8, 4) is 5.75 Å². The second-order valence-electron chi connectivity index (χ2n) is 4.62. The van der Waals surface area contributed by atoms with Crippen LogP contribution < -0.4 is 10.1 Å². The number of carbonyl (C=O) groups excluding carboxylic acids is 1. The van der Waals surface area contributed by atoms with Crippen molar-refractivity contribution in [3.63, 3.8) is 0 Å². The van der Waals surface area contributed by atoms with Gasteiger partial charge in [0.15, 0.2) is 0 Å². The van der Waals surface area contributed by atoms with E-state index < -0.39 is 0 Å². The number of likely N-dealkylation sites (N-methyl/N-ethyl adjacent to an activating group) is 1. The summed E-state index contributed by atoms with van der Waals surface area (Å²) in [5.74, 6) is 0.783. The van der Waals surface area contributed by atoms with E-state index in [1.807, 2.05) is 32.0 Å². The van der Waals surface area contributed by atoms with Crippen LogP contribution in [-0.4, -0.2) is 37.6 Å². The third-order valence-electron chi connectivity index (χ3n) is 3.04. The lowest BCUT2D eigenvalue weighted by Crippen LogP contribution is -2.39. The van der Waals surface area contributed by atoms with Gasteiger partial charge in [0.2, 0.25) is 5.91 Å². The molecule has 4 nitrogen and oxygen atoms in total. The fourth-order valence-electron chi connectivity index (χ4n) is 1.61. The molecule has 0 aromatic heterocycles. The van der Waals surface area contributed by atoms with E-state index in [0.29, 0.717) is 11.6 Å². The number of halogens is 1. The molecular formula is C14H21ClN2O2. The Labute approximate surface area is 119 Å². The lowest BCUT2D eigenvalue weighted by atomic mass is 10.2. The fraction of sp³-hybridized carbons (Fsp3) is 0.500. The SMILES string of the molecule is COc1cccc(Cl)c1CNCC(=O)N(C)C(C)C. The molecule has 1 aromatic rings. The lowest BCUT2D eigenvalue weighted by molar-refractivity contribution is -0.130. The van der Waals surface area contributed by atoms with E-state index in [0.717, 1.165) is 11.3 Å². The minimum atomic E-state index is 0.0565. The first kappa shape index (κ1) is 15.8. The Bertz CT molecular complexity index is 435. The highest BCUT2D eigenvalue weighted by atomic mass is 35.5. The second kappa shape index (κ2) is 7.36. The fourth-order valence-corrected chi connectivity index (χ4v) is 1.84. The normalized spacial score (nSPS) is 10.6. The van der Waals surface area contributed by atoms with Gasteiger partial charge in [0, 0.05) is 30.2 Å². The summed E-state index contributed by atoms with van der Waals surface area (Å²) in [5, 5.41) is 3.73. The van der Waals surface area contributed by atoms with E-state index in [1.54, 1.807) is 19.1 Å². The standard InChI is InChI=1S/C14H21ClN2O2/c1-10(2)17(3)14(18)9-16-8-11-12(15)6-5-7-13(11)19-4/h5-7,10,16H,8-9H2,1-4H3. The van der Waals surface area contributed by atoms with Gasteiger partial charge in [-0.1, -0.05) is 17.7 Å². The Morgan fingerprint density at radius 1 is 1.47 bits per heavy atom. The monoisotopic (exact) mass is 284 g/mol. The molecule has 0 saturated heterocycles. The summed E-state index contributed by atoms with van der Waals surface area (Å²) in [6, 6.07) is 5.69. The van der Waals surface area contributed by atoms with Gasteiger partial charge in [0.1, 0.15) is 5.75 Å². The van der Waals surface area contributed by atoms with Crippen LogP contribution >= 0.6 is 11.6 Å². The zero-order valence-electron chi connectivity index (χ0n) is 11.9. The Kier molecular flexibility index (Phi) is 6.12. The first-order valence-corrected chi connectivity index (χ1v) is 6.63. The molecular weight excluding hydrogens is 264 g/mol. The summed E-state index contributed by atoms with van der Waals surface area (Å²) in [7, 11) is 3.40. The molecule has 0 aliphatic carbocycles. The first-order valence-electron chi connectivity index (χ1n) is 6.25. The van der Waals surface area contributed by atoms with E-state index in [1.165, 1.54) is 0 Å². The van der Waals surface area contributed by atoms with Gasteiger partial charge in [0.25, 0.3) is 0 Å². The van der Waals surface area contributed by atoms with E-state index in [-0.39, 0.29) is 18.5 Å². The van der Waals surface area contributed by atoms with Crippen LogP contribution in [0.2, 0.25) is 5.02 Å². The number of amides is 1.